The van der Waals surface area contributed by atoms with Crippen molar-refractivity contribution in [3.8, 4) is 0 Å². The fourth-order valence-corrected chi connectivity index (χ4v) is 9.18. The van der Waals surface area contributed by atoms with E-state index in [2.05, 4.69) is 6.92 Å². The fraction of sp³-hybridized carbons (Fsp3) is 0.885. The van der Waals surface area contributed by atoms with E-state index >= 15 is 0 Å². The number of ether oxygens (including phenoxy) is 3. The van der Waals surface area contributed by atoms with Crippen LogP contribution in [0.5, 0.6) is 0 Å². The predicted molar refractivity (Wildman–Crippen MR) is 121 cm³/mol. The van der Waals surface area contributed by atoms with Gasteiger partial charge in [0.1, 0.15) is 30.5 Å². The van der Waals surface area contributed by atoms with Gasteiger partial charge in [-0.1, -0.05) is 6.92 Å². The highest BCUT2D eigenvalue weighted by Gasteiger charge is 2.67. The number of carbonyl (C=O) groups excluding carboxylic acids is 1. The number of fused-ring (bicyclic) bond motifs is 5. The van der Waals surface area contributed by atoms with Gasteiger partial charge in [-0.3, -0.25) is 0 Å². The molecule has 1 spiro atoms. The Morgan fingerprint density at radius 1 is 1.09 bits per heavy atom. The van der Waals surface area contributed by atoms with Gasteiger partial charge in [-0.15, -0.1) is 0 Å². The Morgan fingerprint density at radius 2 is 1.89 bits per heavy atom. The summed E-state index contributed by atoms with van der Waals surface area (Å²) in [6.07, 6.45) is 2.33. The maximum atomic E-state index is 12.0. The first kappa shape index (κ1) is 24.3. The summed E-state index contributed by atoms with van der Waals surface area (Å²) in [6.45, 7) is 1.83. The first-order valence-electron chi connectivity index (χ1n) is 13.2. The van der Waals surface area contributed by atoms with E-state index in [-0.39, 0.29) is 35.4 Å². The summed E-state index contributed by atoms with van der Waals surface area (Å²) in [5.41, 5.74) is 0.195. The summed E-state index contributed by atoms with van der Waals surface area (Å²) in [5.74, 6) is 0.664. The van der Waals surface area contributed by atoms with Crippen LogP contribution in [-0.4, -0.2) is 87.1 Å². The fourth-order valence-electron chi connectivity index (χ4n) is 9.18. The van der Waals surface area contributed by atoms with E-state index < -0.39 is 42.9 Å². The van der Waals surface area contributed by atoms with E-state index in [0.717, 1.165) is 44.9 Å². The molecule has 0 amide bonds. The third kappa shape index (κ3) is 3.50. The lowest BCUT2D eigenvalue weighted by molar-refractivity contribution is -0.310. The Kier molecular flexibility index (Phi) is 5.70. The zero-order valence-electron chi connectivity index (χ0n) is 20.2. The first-order chi connectivity index (χ1) is 16.6. The lowest BCUT2D eigenvalue weighted by Crippen LogP contribution is -2.59. The van der Waals surface area contributed by atoms with Crippen molar-refractivity contribution in [2.24, 2.45) is 28.6 Å². The van der Waals surface area contributed by atoms with Crippen LogP contribution in [0, 0.1) is 28.6 Å². The molecule has 4 aliphatic carbocycles. The number of carbonyl (C=O) groups is 1. The molecule has 196 valence electrons. The molecular formula is C26H38O9. The van der Waals surface area contributed by atoms with Crippen molar-refractivity contribution in [1.82, 2.24) is 0 Å². The van der Waals surface area contributed by atoms with Gasteiger partial charge < -0.3 is 39.7 Å². The molecule has 2 bridgehead atoms. The van der Waals surface area contributed by atoms with E-state index in [1.54, 1.807) is 6.08 Å². The topological polar surface area (TPSA) is 146 Å². The van der Waals surface area contributed by atoms with Crippen LogP contribution in [0.15, 0.2) is 11.6 Å². The maximum Gasteiger partial charge on any atom is 0.331 e. The van der Waals surface area contributed by atoms with E-state index in [4.69, 9.17) is 14.2 Å². The van der Waals surface area contributed by atoms with E-state index in [0.29, 0.717) is 18.3 Å². The molecule has 35 heavy (non-hydrogen) atoms. The number of aliphatic hydroxyl groups excluding tert-OH is 4. The maximum absolute atomic E-state index is 12.0. The second-order valence-corrected chi connectivity index (χ2v) is 12.4. The van der Waals surface area contributed by atoms with Gasteiger partial charge in [0.05, 0.1) is 18.8 Å². The van der Waals surface area contributed by atoms with Crippen molar-refractivity contribution >= 4 is 5.97 Å². The molecule has 4 saturated carbocycles. The molecule has 6 rings (SSSR count). The highest BCUT2D eigenvalue weighted by molar-refractivity contribution is 5.86. The van der Waals surface area contributed by atoms with Crippen molar-refractivity contribution in [2.75, 3.05) is 13.2 Å². The molecule has 5 N–H and O–H groups in total. The van der Waals surface area contributed by atoms with Crippen molar-refractivity contribution < 1.29 is 44.5 Å². The molecule has 6 aliphatic rings. The van der Waals surface area contributed by atoms with Crippen molar-refractivity contribution in [1.29, 1.82) is 0 Å². The SMILES string of the molecule is CC12CCC3OC(=O)C=C3C1CCC13CC(CCC12)C(O)(COC1OC(CO)C(O)C(O)C1O)C3. The predicted octanol–water partition coefficient (Wildman–Crippen LogP) is 0.402. The van der Waals surface area contributed by atoms with Gasteiger partial charge >= 0.3 is 5.97 Å². The highest BCUT2D eigenvalue weighted by Crippen LogP contribution is 2.71. The third-order valence-corrected chi connectivity index (χ3v) is 10.7. The molecule has 2 heterocycles. The average Bonchev–Trinajstić information content (AvgIpc) is 3.30. The van der Waals surface area contributed by atoms with Crippen LogP contribution >= 0.6 is 0 Å². The normalized spacial score (nSPS) is 55.0. The molecule has 0 aromatic carbocycles. The van der Waals surface area contributed by atoms with Gasteiger partial charge in [-0.2, -0.15) is 0 Å². The summed E-state index contributed by atoms with van der Waals surface area (Å²) in [7, 11) is 0. The minimum Gasteiger partial charge on any atom is -0.455 e. The average molecular weight is 495 g/mol. The molecule has 9 nitrogen and oxygen atoms in total. The minimum atomic E-state index is -1.50. The van der Waals surface area contributed by atoms with Gasteiger partial charge in [0.15, 0.2) is 6.29 Å². The molecule has 5 fully saturated rings. The largest absolute Gasteiger partial charge is 0.455 e. The zero-order valence-corrected chi connectivity index (χ0v) is 20.2. The molecule has 0 radical (unpaired) electrons. The Hall–Kier alpha value is -1.07. The first-order valence-corrected chi connectivity index (χ1v) is 13.2. The third-order valence-electron chi connectivity index (χ3n) is 10.7. The quantitative estimate of drug-likeness (QED) is 0.351. The van der Waals surface area contributed by atoms with Gasteiger partial charge in [-0.05, 0) is 85.5 Å². The smallest absolute Gasteiger partial charge is 0.331 e. The molecule has 0 aromatic heterocycles. The van der Waals surface area contributed by atoms with Crippen LogP contribution in [0.4, 0.5) is 0 Å². The molecule has 9 heteroatoms. The van der Waals surface area contributed by atoms with Crippen LogP contribution in [0.1, 0.15) is 58.3 Å². The van der Waals surface area contributed by atoms with Crippen LogP contribution in [0.3, 0.4) is 0 Å². The lowest BCUT2D eigenvalue weighted by Gasteiger charge is -2.60. The summed E-state index contributed by atoms with van der Waals surface area (Å²) in [5, 5.41) is 51.7. The van der Waals surface area contributed by atoms with E-state index in [9.17, 15) is 30.3 Å². The summed E-state index contributed by atoms with van der Waals surface area (Å²) in [4.78, 5) is 12.0. The van der Waals surface area contributed by atoms with E-state index in [1.165, 1.54) is 5.57 Å². The molecule has 12 atom stereocenters. The monoisotopic (exact) mass is 494 g/mol. The Bertz CT molecular complexity index is 905. The van der Waals surface area contributed by atoms with Crippen LogP contribution in [-0.2, 0) is 19.0 Å². The summed E-state index contributed by atoms with van der Waals surface area (Å²) < 4.78 is 16.9. The Morgan fingerprint density at radius 3 is 2.66 bits per heavy atom. The molecule has 0 aromatic rings. The van der Waals surface area contributed by atoms with Gasteiger partial charge in [0, 0.05) is 6.08 Å². The second kappa shape index (κ2) is 8.21. The second-order valence-electron chi connectivity index (χ2n) is 12.4. The van der Waals surface area contributed by atoms with Crippen molar-refractivity contribution in [3.63, 3.8) is 0 Å². The number of rotatable bonds is 4. The highest BCUT2D eigenvalue weighted by atomic mass is 16.7. The Balaban J connectivity index is 1.19. The van der Waals surface area contributed by atoms with E-state index in [1.807, 2.05) is 0 Å². The van der Waals surface area contributed by atoms with Crippen molar-refractivity contribution in [3.05, 3.63) is 11.6 Å². The molecule has 1 saturated heterocycles. The molecule has 2 aliphatic heterocycles. The standard InChI is InChI=1S/C26H38O9/c1-24-6-5-16-14(8-19(28)34-16)15(24)4-7-25-9-13(2-3-18(24)25)26(32,11-25)12-33-23-22(31)21(30)20(29)17(10-27)35-23/h8,13,15-18,20-23,27,29-32H,2-7,9-12H2,1H3. The summed E-state index contributed by atoms with van der Waals surface area (Å²) in [6, 6.07) is 0. The minimum absolute atomic E-state index is 0.0124. The van der Waals surface area contributed by atoms with Crippen LogP contribution in [0.25, 0.3) is 0 Å². The zero-order chi connectivity index (χ0) is 24.8. The van der Waals surface area contributed by atoms with Gasteiger partial charge in [0.2, 0.25) is 0 Å². The van der Waals surface area contributed by atoms with Crippen LogP contribution in [0.2, 0.25) is 0 Å². The van der Waals surface area contributed by atoms with Gasteiger partial charge in [0.25, 0.3) is 0 Å². The number of hydrogen-bond donors (Lipinski definition) is 5. The number of esters is 1. The number of hydrogen-bond acceptors (Lipinski definition) is 9. The van der Waals surface area contributed by atoms with Crippen molar-refractivity contribution in [2.45, 2.75) is 101 Å². The lowest BCUT2D eigenvalue weighted by atomic mass is 9.44. The Labute approximate surface area is 205 Å². The van der Waals surface area contributed by atoms with Gasteiger partial charge in [-0.25, -0.2) is 4.79 Å². The molecular weight excluding hydrogens is 456 g/mol. The summed E-state index contributed by atoms with van der Waals surface area (Å²) >= 11 is 0. The van der Waals surface area contributed by atoms with Crippen LogP contribution < -0.4 is 0 Å². The number of aliphatic hydroxyl groups is 5. The molecule has 12 unspecified atom stereocenters.